The van der Waals surface area contributed by atoms with E-state index in [1.54, 1.807) is 79.8 Å². The third kappa shape index (κ3) is 18.8. The zero-order chi connectivity index (χ0) is 84.5. The first-order chi connectivity index (χ1) is 59.1. The van der Waals surface area contributed by atoms with Crippen LogP contribution in [0.3, 0.4) is 0 Å². The molecule has 12 aromatic heterocycles. The van der Waals surface area contributed by atoms with Crippen LogP contribution in [0.1, 0.15) is 13.8 Å². The second-order valence-electron chi connectivity index (χ2n) is 27.3. The maximum Gasteiger partial charge on any atom is 0.240 e. The Morgan fingerprint density at radius 1 is 0.344 bits per heavy atom. The van der Waals surface area contributed by atoms with Crippen molar-refractivity contribution in [2.75, 3.05) is 75.4 Å². The molecule has 43 nitrogen and oxygen atoms in total. The first kappa shape index (κ1) is 80.5. The zero-order valence-corrected chi connectivity index (χ0v) is 66.5. The lowest BCUT2D eigenvalue weighted by molar-refractivity contribution is 0.249. The van der Waals surface area contributed by atoms with Gasteiger partial charge >= 0.3 is 0 Å². The summed E-state index contributed by atoms with van der Waals surface area (Å²) in [7, 11) is -11.1. The molecule has 19 rings (SSSR count). The molecular weight excluding hydrogens is 1630 g/mol. The number of anilines is 15. The number of H-pyrrole nitrogens is 8. The monoisotopic (exact) mass is 1700 g/mol. The Balaban J connectivity index is 0.000000121. The van der Waals surface area contributed by atoms with Gasteiger partial charge in [0, 0.05) is 86.2 Å². The zero-order valence-electron chi connectivity index (χ0n) is 64.0. The molecular formula is C76H74N34O9S3. The summed E-state index contributed by atoms with van der Waals surface area (Å²) in [5.41, 5.74) is 11.4. The quantitative estimate of drug-likeness (QED) is 0.0228. The molecule has 0 aliphatic carbocycles. The summed E-state index contributed by atoms with van der Waals surface area (Å²) >= 11 is 0. The fourth-order valence-electron chi connectivity index (χ4n) is 12.4. The van der Waals surface area contributed by atoms with Crippen LogP contribution in [0, 0.1) is 5.92 Å². The maximum absolute atomic E-state index is 12.2. The molecule has 0 fully saturated rings. The maximum atomic E-state index is 12.2. The van der Waals surface area contributed by atoms with E-state index in [9.17, 15) is 30.4 Å². The van der Waals surface area contributed by atoms with E-state index in [2.05, 4.69) is 174 Å². The van der Waals surface area contributed by atoms with Gasteiger partial charge in [0.2, 0.25) is 53.9 Å². The minimum Gasteiger partial charge on any atom is -0.395 e. The second-order valence-corrected chi connectivity index (χ2v) is 32.4. The first-order valence-corrected chi connectivity index (χ1v) is 41.7. The van der Waals surface area contributed by atoms with Gasteiger partial charge in [-0.1, -0.05) is 13.8 Å². The fraction of sp³-hybridized carbons (Fsp3) is 0.118. The Morgan fingerprint density at radius 3 is 1.02 bits per heavy atom. The van der Waals surface area contributed by atoms with E-state index in [0.29, 0.717) is 96.9 Å². The topological polar surface area (TPSA) is 629 Å². The van der Waals surface area contributed by atoms with Crippen molar-refractivity contribution in [3.8, 4) is 0 Å². The predicted octanol–water partition coefficient (Wildman–Crippen LogP) is 9.34. The summed E-state index contributed by atoms with van der Waals surface area (Å²) in [6, 6.07) is 43.6. The van der Waals surface area contributed by atoms with Crippen molar-refractivity contribution in [3.05, 3.63) is 201 Å². The summed E-state index contributed by atoms with van der Waals surface area (Å²) in [6.45, 7) is 3.27. The van der Waals surface area contributed by atoms with Gasteiger partial charge < -0.3 is 62.8 Å². The summed E-state index contributed by atoms with van der Waals surface area (Å²) in [6.07, 6.45) is 13.7. The SMILES string of the molecule is CC(C)C(CO)Nc1nc(Nc2ccc(S(=O)(=O)NCCO)cc2)nc2[nH]ncc12.NS(=O)(=O)c1ccc(Nc2nc(Nc3ccc4[nH]ncc4c3)nc3[nH]ncc23)cc1.O=S(=O)(NCCO)c1ccc(Nc2nc(Nc3ccc4[nH]ncc4c3)c3cn[nH]c3n2)cc1.c1cc2cc(Nc3nc(Nc4ccc5[nH]ncc5c4)nc4[nH]ncc34)ccc2[nH]1. The third-order valence-corrected chi connectivity index (χ3v) is 22.5. The van der Waals surface area contributed by atoms with Crippen molar-refractivity contribution in [1.82, 2.24) is 126 Å². The molecule has 7 aromatic carbocycles. The van der Waals surface area contributed by atoms with Gasteiger partial charge in [0.15, 0.2) is 22.6 Å². The van der Waals surface area contributed by atoms with Gasteiger partial charge in [-0.15, -0.1) is 0 Å². The number of fused-ring (bicyclic) bond motifs is 8. The molecule has 0 amide bonds. The number of sulfonamides is 3. The van der Waals surface area contributed by atoms with Crippen LogP contribution in [-0.2, 0) is 30.1 Å². The molecule has 0 aliphatic heterocycles. The number of nitrogens with zero attached hydrogens (tertiary/aromatic N) is 15. The number of aromatic amines is 8. The van der Waals surface area contributed by atoms with E-state index in [0.717, 1.165) is 71.7 Å². The minimum atomic E-state index is -3.76. The molecule has 0 saturated heterocycles. The Morgan fingerprint density at radius 2 is 0.656 bits per heavy atom. The third-order valence-electron chi connectivity index (χ3n) is 18.6. The van der Waals surface area contributed by atoms with Gasteiger partial charge in [0.1, 0.15) is 23.3 Å². The molecule has 23 N–H and O–H groups in total. The predicted molar refractivity (Wildman–Crippen MR) is 461 cm³/mol. The molecule has 0 aliphatic rings. The molecule has 0 spiro atoms. The van der Waals surface area contributed by atoms with E-state index in [1.165, 1.54) is 36.4 Å². The van der Waals surface area contributed by atoms with Crippen molar-refractivity contribution in [3.63, 3.8) is 0 Å². The number of rotatable bonds is 27. The lowest BCUT2D eigenvalue weighted by Gasteiger charge is -2.21. The highest BCUT2D eigenvalue weighted by atomic mass is 32.2. The van der Waals surface area contributed by atoms with Crippen LogP contribution in [0.4, 0.5) is 86.9 Å². The summed E-state index contributed by atoms with van der Waals surface area (Å²) in [5, 5.41) is 113. The first-order valence-electron chi connectivity index (χ1n) is 37.1. The van der Waals surface area contributed by atoms with Crippen molar-refractivity contribution >= 4 is 205 Å². The van der Waals surface area contributed by atoms with Crippen molar-refractivity contribution < 1.29 is 40.6 Å². The average Bonchev–Trinajstić information content (AvgIpc) is 1.63. The van der Waals surface area contributed by atoms with Crippen LogP contribution >= 0.6 is 0 Å². The Bertz CT molecular complexity index is 7280. The average molecular weight is 1700 g/mol. The number of hydrogen-bond acceptors (Lipinski definition) is 32. The number of hydrogen-bond donors (Lipinski definition) is 22. The lowest BCUT2D eigenvalue weighted by Crippen LogP contribution is -2.30. The van der Waals surface area contributed by atoms with Gasteiger partial charge in [-0.2, -0.15) is 75.6 Å². The molecule has 19 aromatic rings. The number of aliphatic hydroxyl groups is 3. The van der Waals surface area contributed by atoms with Crippen molar-refractivity contribution in [2.24, 2.45) is 11.1 Å². The van der Waals surface area contributed by atoms with Crippen molar-refractivity contribution in [1.29, 1.82) is 0 Å². The van der Waals surface area contributed by atoms with Gasteiger partial charge in [0.25, 0.3) is 0 Å². The fourth-order valence-corrected chi connectivity index (χ4v) is 14.9. The van der Waals surface area contributed by atoms with Crippen molar-refractivity contribution in [2.45, 2.75) is 34.6 Å². The highest BCUT2D eigenvalue weighted by Crippen LogP contribution is 2.33. The van der Waals surface area contributed by atoms with Gasteiger partial charge in [-0.25, -0.2) is 39.8 Å². The number of nitrogens with two attached hydrogens (primary N) is 1. The number of aromatic nitrogens is 23. The number of primary sulfonamides is 1. The highest BCUT2D eigenvalue weighted by molar-refractivity contribution is 7.90. The molecule has 12 heterocycles. The highest BCUT2D eigenvalue weighted by Gasteiger charge is 2.21. The molecule has 1 unspecified atom stereocenters. The summed E-state index contributed by atoms with van der Waals surface area (Å²) < 4.78 is 76.0. The Kier molecular flexibility index (Phi) is 23.2. The second kappa shape index (κ2) is 35.1. The van der Waals surface area contributed by atoms with Gasteiger partial charge in [-0.05, 0) is 158 Å². The number of benzene rings is 7. The Labute approximate surface area is 689 Å². The van der Waals surface area contributed by atoms with E-state index < -0.39 is 30.1 Å². The van der Waals surface area contributed by atoms with Crippen LogP contribution in [0.15, 0.2) is 216 Å². The molecule has 620 valence electrons. The van der Waals surface area contributed by atoms with Crippen LogP contribution < -0.4 is 57.1 Å². The summed E-state index contributed by atoms with van der Waals surface area (Å²) in [4.78, 5) is 39.5. The molecule has 0 bridgehead atoms. The van der Waals surface area contributed by atoms with E-state index in [4.69, 9.17) is 15.4 Å². The van der Waals surface area contributed by atoms with Crippen LogP contribution in [0.25, 0.3) is 87.7 Å². The number of nitrogens with one attached hydrogen (secondary N) is 18. The van der Waals surface area contributed by atoms with E-state index >= 15 is 0 Å². The van der Waals surface area contributed by atoms with Gasteiger partial charge in [0.05, 0.1) is 122 Å². The molecule has 46 heteroatoms. The van der Waals surface area contributed by atoms with Crippen LogP contribution in [-0.4, -0.2) is 196 Å². The van der Waals surface area contributed by atoms with Gasteiger partial charge in [-0.3, -0.25) is 35.7 Å². The van der Waals surface area contributed by atoms with Crippen LogP contribution in [0.2, 0.25) is 0 Å². The number of aliphatic hydroxyl groups excluding tert-OH is 3. The van der Waals surface area contributed by atoms with E-state index in [-0.39, 0.29) is 65.5 Å². The standard InChI is InChI=1S/C20H19N9O3S.C20H15N9.C18H15N9O2S.C18H25N7O4S/c30-8-7-23-33(31,32)15-4-1-13(2-5-15)25-20-26-18(16-11-22-29-19(16)27-20)24-14-3-6-17-12(9-14)10-21-28-17;1-3-16-11(5-6-21-16)7-13(1)24-18-15-10-23-29-19(15)27-20(26-18)25-14-2-4-17-12(8-14)9-22-28-17;19-30(28,29)13-4-1-11(2-5-13)22-16-14-9-21-27-17(14)25-18(24-16)23-12-3-6-15-10(7-12)8-20-26-15;1-11(2)15(10-27)22-16-14-9-19-25-17(14)24-18(23-16)21-12-3-5-13(6-4-12)30(28,29)20-7-8-26/h1-6,9-11,23,30H,7-8H2,(H,21,28)(H3,22,24,25,26,27,29);1-10,21H,(H,22,28)(H3,23,24,25,26,27,29);1-9H,(H,20,26)(H2,19,28,29)(H3,21,22,23,24,25,27);3-6,9,11,15,20,26-27H,7-8,10H2,1-2H3,(H3,19,21,22,23,24,25). The molecule has 1 atom stereocenters. The smallest absolute Gasteiger partial charge is 0.240 e. The molecule has 122 heavy (non-hydrogen) atoms. The lowest BCUT2D eigenvalue weighted by atomic mass is 10.1. The Hall–Kier alpha value is -15.3. The minimum absolute atomic E-state index is 0.0289. The summed E-state index contributed by atoms with van der Waals surface area (Å²) in [5.74, 6) is 3.83. The molecule has 0 radical (unpaired) electrons. The van der Waals surface area contributed by atoms with E-state index in [1.807, 2.05) is 92.8 Å². The largest absolute Gasteiger partial charge is 0.395 e. The normalized spacial score (nSPS) is 12.0. The van der Waals surface area contributed by atoms with Crippen LogP contribution in [0.5, 0.6) is 0 Å². The molecule has 0 saturated carbocycles.